The van der Waals surface area contributed by atoms with Crippen LogP contribution >= 0.6 is 22.7 Å². The number of benzene rings is 7. The van der Waals surface area contributed by atoms with E-state index in [-0.39, 0.29) is 67.9 Å². The number of hydrogen-bond donors (Lipinski definition) is 0. The lowest BCUT2D eigenvalue weighted by Gasteiger charge is -2.43. The first kappa shape index (κ1) is 29.6. The molecule has 0 fully saturated rings. The average Bonchev–Trinajstić information content (AvgIpc) is 1.64. The highest BCUT2D eigenvalue weighted by Gasteiger charge is 2.48. The third-order valence-corrected chi connectivity index (χ3v) is 15.5. The SMILES string of the molecule is [2H]c1cc2sc3c(c2cc1[2H])B1c2sc4cc([2H])c(C(C)(C)C)cc4c2N(c2c([2H])c([2H])c(C(C)(C)C)c([2H])c2[2H])c2c([2H])c(N(c4c([2H])c([2H])c(C(C)(C)C)c([2H])c4[2H])c4c([2H])c([2H])c(C(C)(C)C)c([2H])c4[2H])c([2H])c(c21)N3c1c([2H])c([2H])c(C(C)(C)C)c([2H])c1[2H]. The van der Waals surface area contributed by atoms with E-state index in [0.717, 1.165) is 16.2 Å². The van der Waals surface area contributed by atoms with Crippen molar-refractivity contribution in [3.8, 4) is 0 Å². The number of rotatable bonds is 5. The van der Waals surface area contributed by atoms with Crippen molar-refractivity contribution in [3.05, 3.63) is 179 Å². The van der Waals surface area contributed by atoms with E-state index < -0.39 is 171 Å². The van der Waals surface area contributed by atoms with Gasteiger partial charge in [0.15, 0.2) is 0 Å². The molecule has 4 heterocycles. The van der Waals surface area contributed by atoms with Gasteiger partial charge in [0.1, 0.15) is 0 Å². The molecule has 2 aliphatic heterocycles. The quantitative estimate of drug-likeness (QED) is 0.159. The second-order valence-corrected chi connectivity index (χ2v) is 26.0. The van der Waals surface area contributed by atoms with Crippen LogP contribution in [0.25, 0.3) is 20.2 Å². The lowest BCUT2D eigenvalue weighted by molar-refractivity contribution is 0.590. The average molecular weight is 1000 g/mol. The lowest BCUT2D eigenvalue weighted by atomic mass is 9.36. The Balaban J connectivity index is 1.51. The first-order chi connectivity index (χ1) is 42.6. The maximum absolute atomic E-state index is 11.3. The highest BCUT2D eigenvalue weighted by molar-refractivity contribution is 7.35. The fourth-order valence-electron chi connectivity index (χ4n) is 9.09. The smallest absolute Gasteiger partial charge is 0.266 e. The van der Waals surface area contributed by atoms with Crippen LogP contribution in [0.5, 0.6) is 0 Å². The Labute approximate surface area is 467 Å². The third kappa shape index (κ3) is 8.18. The summed E-state index contributed by atoms with van der Waals surface area (Å²) in [6, 6.07) is -4.87. The maximum Gasteiger partial charge on any atom is 0.266 e. The standard InChI is InChI=1S/C66H70BN3S2/c1-62(2,3)41-20-29-46(30-21-41)68(47-31-22-42(23-32-47)63(4,5)6)50-39-53-58-54(40-50)70(49-35-26-44(27-36-49)65(10,11)12)61-57(51-18-16-17-19-55(51)72-61)67(58)60-59(52-38-45(66(13,14)15)28-37-56(52)71-60)69(53)48-33-24-43(25-34-48)64(7,8)9/h16-40H,1-15H3/i16D,17D,20D,21D,22D,23D,24D,25D,26D,27D,28D,29D,30D,31D,32D,33D,34D,35D,36D,39D,40D. The molecule has 2 aliphatic rings. The van der Waals surface area contributed by atoms with Gasteiger partial charge >= 0.3 is 0 Å². The van der Waals surface area contributed by atoms with Crippen LogP contribution in [0.2, 0.25) is 0 Å². The molecular formula is C66H70BN3S2. The fraction of sp³-hybridized carbons (Fsp3) is 0.303. The van der Waals surface area contributed by atoms with Crippen molar-refractivity contribution in [2.45, 2.75) is 131 Å². The fourth-order valence-corrected chi connectivity index (χ4v) is 11.6. The summed E-state index contributed by atoms with van der Waals surface area (Å²) in [5.74, 6) is 0. The predicted octanol–water partition coefficient (Wildman–Crippen LogP) is 18.2. The van der Waals surface area contributed by atoms with E-state index in [2.05, 4.69) is 0 Å². The minimum Gasteiger partial charge on any atom is -0.310 e. The molecule has 7 aromatic carbocycles. The molecule has 0 unspecified atom stereocenters. The molecule has 0 N–H and O–H groups in total. The van der Waals surface area contributed by atoms with Gasteiger partial charge in [-0.05, 0) is 150 Å². The van der Waals surface area contributed by atoms with Crippen molar-refractivity contribution in [2.24, 2.45) is 0 Å². The number of fused-ring (bicyclic) bond motifs is 8. The summed E-state index contributed by atoms with van der Waals surface area (Å²) in [6.07, 6.45) is 0. The first-order valence-corrected chi connectivity index (χ1v) is 25.9. The Morgan fingerprint density at radius 2 is 0.861 bits per heavy atom. The Kier molecular flexibility index (Phi) is 6.87. The molecule has 0 radical (unpaired) electrons. The van der Waals surface area contributed by atoms with Crippen LogP contribution < -0.4 is 30.4 Å². The van der Waals surface area contributed by atoms with Gasteiger partial charge in [-0.2, -0.15) is 0 Å². The molecule has 0 atom stereocenters. The molecule has 0 amide bonds. The molecule has 6 heteroatoms. The molecule has 3 nitrogen and oxygen atoms in total. The Morgan fingerprint density at radius 3 is 1.35 bits per heavy atom. The van der Waals surface area contributed by atoms with Crippen molar-refractivity contribution in [3.63, 3.8) is 0 Å². The Hall–Kier alpha value is -6.08. The normalized spacial score (nSPS) is 18.0. The molecule has 364 valence electrons. The molecule has 0 saturated carbocycles. The second kappa shape index (κ2) is 16.7. The minimum atomic E-state index is -1.22. The van der Waals surface area contributed by atoms with Gasteiger partial charge in [-0.15, -0.1) is 22.7 Å². The zero-order chi connectivity index (χ0) is 69.3. The van der Waals surface area contributed by atoms with E-state index in [9.17, 15) is 27.4 Å². The molecule has 0 spiro atoms. The van der Waals surface area contributed by atoms with E-state index in [0.29, 0.717) is 36.0 Å². The van der Waals surface area contributed by atoms with Crippen molar-refractivity contribution < 1.29 is 28.8 Å². The topological polar surface area (TPSA) is 9.72 Å². The second-order valence-electron chi connectivity index (χ2n) is 23.9. The Bertz CT molecular complexity index is 4630. The highest BCUT2D eigenvalue weighted by Crippen LogP contribution is 2.53. The van der Waals surface area contributed by atoms with Crippen LogP contribution in [0, 0.1) is 0 Å². The summed E-state index contributed by atoms with van der Waals surface area (Å²) in [5, 5.41) is 0.944. The van der Waals surface area contributed by atoms with Gasteiger partial charge in [0.05, 0.1) is 45.2 Å². The molecule has 11 rings (SSSR count). The minimum absolute atomic E-state index is 0.0256. The van der Waals surface area contributed by atoms with Gasteiger partial charge in [0.2, 0.25) is 0 Å². The summed E-state index contributed by atoms with van der Waals surface area (Å²) >= 11 is 2.25. The number of nitrogens with zero attached hydrogens (tertiary/aromatic N) is 3. The van der Waals surface area contributed by atoms with Crippen LogP contribution in [0.15, 0.2) is 151 Å². The van der Waals surface area contributed by atoms with Crippen LogP contribution in [0.4, 0.5) is 50.5 Å². The number of thiophene rings is 2. The third-order valence-electron chi connectivity index (χ3n) is 13.2. The van der Waals surface area contributed by atoms with E-state index in [1.807, 2.05) is 20.8 Å². The van der Waals surface area contributed by atoms with Gasteiger partial charge in [-0.3, -0.25) is 0 Å². The maximum atomic E-state index is 11.3. The summed E-state index contributed by atoms with van der Waals surface area (Å²) in [7, 11) is 0. The van der Waals surface area contributed by atoms with Crippen LogP contribution in [0.3, 0.4) is 0 Å². The van der Waals surface area contributed by atoms with E-state index in [1.54, 1.807) is 95.2 Å². The summed E-state index contributed by atoms with van der Waals surface area (Å²) in [5.41, 5.74) is -7.36. The number of anilines is 9. The van der Waals surface area contributed by atoms with Crippen LogP contribution in [0.1, 0.15) is 160 Å². The van der Waals surface area contributed by atoms with Gasteiger partial charge in [-0.25, -0.2) is 0 Å². The van der Waals surface area contributed by atoms with Gasteiger partial charge < -0.3 is 14.7 Å². The monoisotopic (exact) mass is 1000 g/mol. The van der Waals surface area contributed by atoms with Crippen molar-refractivity contribution >= 4 is 116 Å². The molecule has 9 aromatic rings. The molecule has 72 heavy (non-hydrogen) atoms. The van der Waals surface area contributed by atoms with Crippen molar-refractivity contribution in [1.82, 2.24) is 0 Å². The van der Waals surface area contributed by atoms with Crippen LogP contribution in [-0.2, 0) is 27.1 Å². The molecule has 0 aliphatic carbocycles. The van der Waals surface area contributed by atoms with Crippen LogP contribution in [-0.4, -0.2) is 6.71 Å². The first-order valence-electron chi connectivity index (χ1n) is 34.8. The highest BCUT2D eigenvalue weighted by atomic mass is 32.1. The molecular weight excluding hydrogens is 910 g/mol. The van der Waals surface area contributed by atoms with Crippen molar-refractivity contribution in [1.29, 1.82) is 0 Å². The van der Waals surface area contributed by atoms with Gasteiger partial charge in [0.25, 0.3) is 6.71 Å². The zero-order valence-corrected chi connectivity index (χ0v) is 45.2. The van der Waals surface area contributed by atoms with Gasteiger partial charge in [0, 0.05) is 53.7 Å². The molecule has 0 saturated heterocycles. The summed E-state index contributed by atoms with van der Waals surface area (Å²) < 4.78 is 211. The number of hydrogen-bond acceptors (Lipinski definition) is 5. The van der Waals surface area contributed by atoms with E-state index >= 15 is 0 Å². The van der Waals surface area contributed by atoms with Gasteiger partial charge in [-0.1, -0.05) is 176 Å². The molecule has 2 aromatic heterocycles. The van der Waals surface area contributed by atoms with E-state index in [4.69, 9.17) is 1.37 Å². The predicted molar refractivity (Wildman–Crippen MR) is 319 cm³/mol. The zero-order valence-electron chi connectivity index (χ0n) is 64.5. The molecule has 0 bridgehead atoms. The van der Waals surface area contributed by atoms with E-state index in [1.165, 1.54) is 33.3 Å². The summed E-state index contributed by atoms with van der Waals surface area (Å²) in [4.78, 5) is 3.58. The Morgan fingerprint density at radius 1 is 0.431 bits per heavy atom. The summed E-state index contributed by atoms with van der Waals surface area (Å²) in [6.45, 7) is 25.1. The largest absolute Gasteiger partial charge is 0.310 e. The van der Waals surface area contributed by atoms with Crippen molar-refractivity contribution in [2.75, 3.05) is 14.7 Å². The lowest BCUT2D eigenvalue weighted by Crippen LogP contribution is -2.60.